The quantitative estimate of drug-likeness (QED) is 0.691. The molecule has 0 atom stereocenters. The highest BCUT2D eigenvalue weighted by Crippen LogP contribution is 2.28. The Labute approximate surface area is 105 Å². The third-order valence-electron chi connectivity index (χ3n) is 2.72. The molecule has 0 aliphatic heterocycles. The summed E-state index contributed by atoms with van der Waals surface area (Å²) in [6.45, 7) is 0. The van der Waals surface area contributed by atoms with Crippen LogP contribution in [0.15, 0.2) is 60.8 Å². The zero-order chi connectivity index (χ0) is 12.4. The molecule has 0 fully saturated rings. The number of nitrogens with two attached hydrogens (primary N) is 1. The SMILES string of the molecule is Nc1ccccc1Oc1ccc2ncccc2c1. The van der Waals surface area contributed by atoms with Crippen molar-refractivity contribution >= 4 is 16.6 Å². The normalized spacial score (nSPS) is 10.4. The second-order valence-corrected chi connectivity index (χ2v) is 4.00. The summed E-state index contributed by atoms with van der Waals surface area (Å²) in [6.07, 6.45) is 1.78. The van der Waals surface area contributed by atoms with Crippen molar-refractivity contribution in [3.63, 3.8) is 0 Å². The molecule has 3 rings (SSSR count). The van der Waals surface area contributed by atoms with E-state index in [0.717, 1.165) is 16.7 Å². The monoisotopic (exact) mass is 236 g/mol. The van der Waals surface area contributed by atoms with Crippen molar-refractivity contribution in [3.8, 4) is 11.5 Å². The fourth-order valence-electron chi connectivity index (χ4n) is 1.82. The van der Waals surface area contributed by atoms with Crippen LogP contribution in [0.1, 0.15) is 0 Å². The molecule has 0 radical (unpaired) electrons. The molecule has 2 N–H and O–H groups in total. The number of para-hydroxylation sites is 2. The first-order chi connectivity index (χ1) is 8.83. The lowest BCUT2D eigenvalue weighted by atomic mass is 10.2. The number of rotatable bonds is 2. The molecule has 0 saturated heterocycles. The highest BCUT2D eigenvalue weighted by Gasteiger charge is 2.02. The van der Waals surface area contributed by atoms with Gasteiger partial charge in [-0.2, -0.15) is 0 Å². The van der Waals surface area contributed by atoms with Crippen molar-refractivity contribution in [3.05, 3.63) is 60.8 Å². The Morgan fingerprint density at radius 1 is 0.944 bits per heavy atom. The van der Waals surface area contributed by atoms with Crippen LogP contribution in [-0.2, 0) is 0 Å². The molecule has 88 valence electrons. The van der Waals surface area contributed by atoms with E-state index >= 15 is 0 Å². The van der Waals surface area contributed by atoms with Crippen LogP contribution in [0.4, 0.5) is 5.69 Å². The van der Waals surface area contributed by atoms with Gasteiger partial charge < -0.3 is 10.5 Å². The van der Waals surface area contributed by atoms with Gasteiger partial charge in [0.2, 0.25) is 0 Å². The minimum Gasteiger partial charge on any atom is -0.455 e. The van der Waals surface area contributed by atoms with Crippen LogP contribution < -0.4 is 10.5 Å². The van der Waals surface area contributed by atoms with Crippen LogP contribution in [-0.4, -0.2) is 4.98 Å². The van der Waals surface area contributed by atoms with Gasteiger partial charge >= 0.3 is 0 Å². The van der Waals surface area contributed by atoms with Gasteiger partial charge in [0.15, 0.2) is 0 Å². The maximum atomic E-state index is 5.84. The first kappa shape index (κ1) is 10.6. The topological polar surface area (TPSA) is 48.1 Å². The second-order valence-electron chi connectivity index (χ2n) is 4.00. The smallest absolute Gasteiger partial charge is 0.150 e. The number of ether oxygens (including phenoxy) is 1. The highest BCUT2D eigenvalue weighted by atomic mass is 16.5. The zero-order valence-electron chi connectivity index (χ0n) is 9.71. The largest absolute Gasteiger partial charge is 0.455 e. The molecule has 0 amide bonds. The molecule has 1 heterocycles. The number of pyridine rings is 1. The lowest BCUT2D eigenvalue weighted by Gasteiger charge is -2.08. The standard InChI is InChI=1S/C15H12N2O/c16-13-5-1-2-6-15(13)18-12-7-8-14-11(10-12)4-3-9-17-14/h1-10H,16H2. The van der Waals surface area contributed by atoms with E-state index in [-0.39, 0.29) is 0 Å². The third-order valence-corrected chi connectivity index (χ3v) is 2.72. The van der Waals surface area contributed by atoms with Crippen molar-refractivity contribution in [2.45, 2.75) is 0 Å². The number of anilines is 1. The number of benzene rings is 2. The van der Waals surface area contributed by atoms with Gasteiger partial charge in [0.25, 0.3) is 0 Å². The summed E-state index contributed by atoms with van der Waals surface area (Å²) in [5.74, 6) is 1.43. The van der Waals surface area contributed by atoms with Crippen molar-refractivity contribution in [2.24, 2.45) is 0 Å². The molecular formula is C15H12N2O. The van der Waals surface area contributed by atoms with Crippen LogP contribution in [0.5, 0.6) is 11.5 Å². The zero-order valence-corrected chi connectivity index (χ0v) is 9.71. The number of hydrogen-bond acceptors (Lipinski definition) is 3. The van der Waals surface area contributed by atoms with E-state index in [1.165, 1.54) is 0 Å². The van der Waals surface area contributed by atoms with Gasteiger partial charge in [-0.3, -0.25) is 4.98 Å². The number of fused-ring (bicyclic) bond motifs is 1. The first-order valence-corrected chi connectivity index (χ1v) is 5.70. The van der Waals surface area contributed by atoms with E-state index in [1.807, 2.05) is 54.6 Å². The first-order valence-electron chi connectivity index (χ1n) is 5.70. The van der Waals surface area contributed by atoms with Gasteiger partial charge in [-0.25, -0.2) is 0 Å². The van der Waals surface area contributed by atoms with Crippen LogP contribution in [0.3, 0.4) is 0 Å². The van der Waals surface area contributed by atoms with Gasteiger partial charge in [-0.15, -0.1) is 0 Å². The maximum absolute atomic E-state index is 5.84. The second kappa shape index (κ2) is 4.37. The Morgan fingerprint density at radius 3 is 2.72 bits per heavy atom. The Hall–Kier alpha value is -2.55. The van der Waals surface area contributed by atoms with Crippen molar-refractivity contribution < 1.29 is 4.74 Å². The Kier molecular flexibility index (Phi) is 2.57. The fourth-order valence-corrected chi connectivity index (χ4v) is 1.82. The summed E-state index contributed by atoms with van der Waals surface area (Å²) in [6, 6.07) is 17.1. The summed E-state index contributed by atoms with van der Waals surface area (Å²) >= 11 is 0. The van der Waals surface area contributed by atoms with E-state index in [0.29, 0.717) is 11.4 Å². The molecule has 0 saturated carbocycles. The Bertz CT molecular complexity index is 695. The van der Waals surface area contributed by atoms with Crippen LogP contribution in [0.2, 0.25) is 0 Å². The molecule has 1 aromatic heterocycles. The van der Waals surface area contributed by atoms with Gasteiger partial charge in [-0.1, -0.05) is 18.2 Å². The molecule has 3 nitrogen and oxygen atoms in total. The summed E-state index contributed by atoms with van der Waals surface area (Å²) in [7, 11) is 0. The number of nitrogens with zero attached hydrogens (tertiary/aromatic N) is 1. The third kappa shape index (κ3) is 1.98. The predicted molar refractivity (Wildman–Crippen MR) is 72.7 cm³/mol. The summed E-state index contributed by atoms with van der Waals surface area (Å²) < 4.78 is 5.76. The summed E-state index contributed by atoms with van der Waals surface area (Å²) in [4.78, 5) is 4.27. The lowest BCUT2D eigenvalue weighted by molar-refractivity contribution is 0.486. The molecular weight excluding hydrogens is 224 g/mol. The van der Waals surface area contributed by atoms with Crippen LogP contribution in [0.25, 0.3) is 10.9 Å². The van der Waals surface area contributed by atoms with Gasteiger partial charge in [0.1, 0.15) is 11.5 Å². The lowest BCUT2D eigenvalue weighted by Crippen LogP contribution is -1.91. The van der Waals surface area contributed by atoms with Crippen molar-refractivity contribution in [2.75, 3.05) is 5.73 Å². The molecule has 18 heavy (non-hydrogen) atoms. The van der Waals surface area contributed by atoms with Crippen LogP contribution >= 0.6 is 0 Å². The Morgan fingerprint density at radius 2 is 1.83 bits per heavy atom. The fraction of sp³-hybridized carbons (Fsp3) is 0. The minimum atomic E-state index is 0.629. The number of aromatic nitrogens is 1. The molecule has 0 unspecified atom stereocenters. The molecule has 3 heteroatoms. The molecule has 2 aromatic carbocycles. The van der Waals surface area contributed by atoms with Gasteiger partial charge in [0.05, 0.1) is 11.2 Å². The van der Waals surface area contributed by atoms with E-state index in [1.54, 1.807) is 6.20 Å². The highest BCUT2D eigenvalue weighted by molar-refractivity contribution is 5.79. The molecule has 0 bridgehead atoms. The summed E-state index contributed by atoms with van der Waals surface area (Å²) in [5, 5.41) is 1.05. The minimum absolute atomic E-state index is 0.629. The van der Waals surface area contributed by atoms with Crippen LogP contribution in [0, 0.1) is 0 Å². The average Bonchev–Trinajstić information content (AvgIpc) is 2.41. The molecule has 0 spiro atoms. The molecule has 0 aliphatic carbocycles. The summed E-state index contributed by atoms with van der Waals surface area (Å²) in [5.41, 5.74) is 7.42. The van der Waals surface area contributed by atoms with Gasteiger partial charge in [-0.05, 0) is 36.4 Å². The van der Waals surface area contributed by atoms with E-state index in [4.69, 9.17) is 10.5 Å². The Balaban J connectivity index is 1.98. The average molecular weight is 236 g/mol. The van der Waals surface area contributed by atoms with Gasteiger partial charge in [0, 0.05) is 11.6 Å². The molecule has 3 aromatic rings. The van der Waals surface area contributed by atoms with E-state index in [9.17, 15) is 0 Å². The number of nitrogen functional groups attached to an aromatic ring is 1. The van der Waals surface area contributed by atoms with Crippen molar-refractivity contribution in [1.82, 2.24) is 4.98 Å². The van der Waals surface area contributed by atoms with E-state index < -0.39 is 0 Å². The predicted octanol–water partition coefficient (Wildman–Crippen LogP) is 3.61. The number of hydrogen-bond donors (Lipinski definition) is 1. The van der Waals surface area contributed by atoms with E-state index in [2.05, 4.69) is 4.98 Å². The molecule has 0 aliphatic rings. The van der Waals surface area contributed by atoms with Crippen molar-refractivity contribution in [1.29, 1.82) is 0 Å². The maximum Gasteiger partial charge on any atom is 0.150 e.